The number of benzene rings is 2. The quantitative estimate of drug-likeness (QED) is 0.642. The summed E-state index contributed by atoms with van der Waals surface area (Å²) in [6.07, 6.45) is 6.49. The summed E-state index contributed by atoms with van der Waals surface area (Å²) in [5.41, 5.74) is 3.19. The van der Waals surface area contributed by atoms with Gasteiger partial charge >= 0.3 is 0 Å². The number of fused-ring (bicyclic) bond motifs is 1. The van der Waals surface area contributed by atoms with E-state index in [1.54, 1.807) is 4.90 Å². The Kier molecular flexibility index (Phi) is 7.53. The van der Waals surface area contributed by atoms with E-state index in [2.05, 4.69) is 5.32 Å². The first-order valence-electron chi connectivity index (χ1n) is 12.0. The van der Waals surface area contributed by atoms with E-state index in [0.717, 1.165) is 53.9 Å². The number of carbonyl (C=O) groups is 2. The third kappa shape index (κ3) is 5.86. The summed E-state index contributed by atoms with van der Waals surface area (Å²) >= 11 is 0. The van der Waals surface area contributed by atoms with Gasteiger partial charge in [0.1, 0.15) is 6.04 Å². The lowest BCUT2D eigenvalue weighted by atomic mass is 9.95. The summed E-state index contributed by atoms with van der Waals surface area (Å²) in [5.74, 6) is 1.37. The molecule has 0 radical (unpaired) electrons. The maximum absolute atomic E-state index is 13.4. The molecule has 6 heteroatoms. The average Bonchev–Trinajstić information content (AvgIpc) is 3.30. The first kappa shape index (κ1) is 23.1. The number of amides is 2. The molecule has 2 aliphatic rings. The predicted octanol–water partition coefficient (Wildman–Crippen LogP) is 4.52. The molecule has 1 heterocycles. The highest BCUT2D eigenvalue weighted by Gasteiger charge is 2.28. The molecule has 2 aromatic carbocycles. The minimum atomic E-state index is -0.532. The van der Waals surface area contributed by atoms with Gasteiger partial charge in [-0.1, -0.05) is 49.6 Å². The first-order chi connectivity index (χ1) is 16.0. The SMILES string of the molecule is Cc1ccccc1CN(C(=O)CCc1ccc2c(c1)OCO2)C(C)C(=O)NC1CCCCC1. The lowest BCUT2D eigenvalue weighted by Gasteiger charge is -2.31. The summed E-state index contributed by atoms with van der Waals surface area (Å²) in [7, 11) is 0. The molecule has 0 spiro atoms. The molecular formula is C27H34N2O4. The van der Waals surface area contributed by atoms with E-state index >= 15 is 0 Å². The van der Waals surface area contributed by atoms with E-state index in [-0.39, 0.29) is 24.6 Å². The number of hydrogen-bond acceptors (Lipinski definition) is 4. The standard InChI is InChI=1S/C27H34N2O4/c1-19-8-6-7-9-22(19)17-29(20(2)27(31)28-23-10-4-3-5-11-23)26(30)15-13-21-12-14-24-25(16-21)33-18-32-24/h6-9,12,14,16,20,23H,3-5,10-11,13,15,17-18H2,1-2H3,(H,28,31). The van der Waals surface area contributed by atoms with E-state index in [1.807, 2.05) is 56.3 Å². The molecule has 2 amide bonds. The van der Waals surface area contributed by atoms with E-state index in [1.165, 1.54) is 6.42 Å². The van der Waals surface area contributed by atoms with E-state index in [4.69, 9.17) is 9.47 Å². The van der Waals surface area contributed by atoms with Crippen molar-refractivity contribution in [1.29, 1.82) is 0 Å². The summed E-state index contributed by atoms with van der Waals surface area (Å²) in [6.45, 7) is 4.54. The van der Waals surface area contributed by atoms with Crippen molar-refractivity contribution in [3.8, 4) is 11.5 Å². The largest absolute Gasteiger partial charge is 0.454 e. The second-order valence-corrected chi connectivity index (χ2v) is 9.16. The summed E-state index contributed by atoms with van der Waals surface area (Å²) in [4.78, 5) is 28.2. The van der Waals surface area contributed by atoms with Crippen LogP contribution in [-0.4, -0.2) is 35.6 Å². The molecule has 2 aromatic rings. The topological polar surface area (TPSA) is 67.9 Å². The van der Waals surface area contributed by atoms with Crippen LogP contribution in [0.5, 0.6) is 11.5 Å². The van der Waals surface area contributed by atoms with Gasteiger partial charge in [-0.3, -0.25) is 9.59 Å². The number of nitrogens with one attached hydrogen (secondary N) is 1. The van der Waals surface area contributed by atoms with E-state index in [0.29, 0.717) is 19.4 Å². The maximum atomic E-state index is 13.4. The Hall–Kier alpha value is -3.02. The number of nitrogens with zero attached hydrogens (tertiary/aromatic N) is 1. The van der Waals surface area contributed by atoms with Crippen LogP contribution in [0.15, 0.2) is 42.5 Å². The molecule has 0 saturated heterocycles. The number of carbonyl (C=O) groups excluding carboxylic acids is 2. The maximum Gasteiger partial charge on any atom is 0.242 e. The zero-order valence-corrected chi connectivity index (χ0v) is 19.6. The van der Waals surface area contributed by atoms with Crippen molar-refractivity contribution in [1.82, 2.24) is 10.2 Å². The molecule has 1 atom stereocenters. The van der Waals surface area contributed by atoms with E-state index in [9.17, 15) is 9.59 Å². The lowest BCUT2D eigenvalue weighted by Crippen LogP contribution is -2.50. The highest BCUT2D eigenvalue weighted by Crippen LogP contribution is 2.33. The van der Waals surface area contributed by atoms with Crippen LogP contribution < -0.4 is 14.8 Å². The number of rotatable bonds is 8. The molecule has 1 aliphatic carbocycles. The minimum Gasteiger partial charge on any atom is -0.454 e. The third-order valence-electron chi connectivity index (χ3n) is 6.79. The number of hydrogen-bond donors (Lipinski definition) is 1. The first-order valence-corrected chi connectivity index (χ1v) is 12.0. The highest BCUT2D eigenvalue weighted by atomic mass is 16.7. The Bertz CT molecular complexity index is 984. The van der Waals surface area contributed by atoms with Gasteiger partial charge < -0.3 is 19.7 Å². The molecule has 1 fully saturated rings. The van der Waals surface area contributed by atoms with Crippen molar-refractivity contribution >= 4 is 11.8 Å². The third-order valence-corrected chi connectivity index (χ3v) is 6.79. The molecule has 4 rings (SSSR count). The van der Waals surface area contributed by atoms with Gasteiger partial charge in [-0.05, 0) is 61.9 Å². The Balaban J connectivity index is 1.45. The zero-order chi connectivity index (χ0) is 23.2. The second kappa shape index (κ2) is 10.7. The van der Waals surface area contributed by atoms with Crippen LogP contribution in [0.3, 0.4) is 0 Å². The van der Waals surface area contributed by atoms with Crippen LogP contribution in [-0.2, 0) is 22.6 Å². The molecule has 33 heavy (non-hydrogen) atoms. The molecule has 176 valence electrons. The van der Waals surface area contributed by atoms with Crippen molar-refractivity contribution in [3.05, 3.63) is 59.2 Å². The second-order valence-electron chi connectivity index (χ2n) is 9.16. The van der Waals surface area contributed by atoms with Gasteiger partial charge in [0.25, 0.3) is 0 Å². The monoisotopic (exact) mass is 450 g/mol. The lowest BCUT2D eigenvalue weighted by molar-refractivity contribution is -0.141. The fourth-order valence-electron chi connectivity index (χ4n) is 4.61. The Morgan fingerprint density at radius 1 is 1.06 bits per heavy atom. The summed E-state index contributed by atoms with van der Waals surface area (Å²) in [6, 6.07) is 13.5. The molecule has 0 aromatic heterocycles. The van der Waals surface area contributed by atoms with Crippen LogP contribution in [0.1, 0.15) is 62.1 Å². The molecule has 0 bridgehead atoms. The van der Waals surface area contributed by atoms with E-state index < -0.39 is 6.04 Å². The number of aryl methyl sites for hydroxylation is 2. The van der Waals surface area contributed by atoms with Crippen molar-refractivity contribution in [2.24, 2.45) is 0 Å². The van der Waals surface area contributed by atoms with Gasteiger partial charge in [0.2, 0.25) is 18.6 Å². The molecule has 1 aliphatic heterocycles. The fourth-order valence-corrected chi connectivity index (χ4v) is 4.61. The van der Waals surface area contributed by atoms with Crippen LogP contribution >= 0.6 is 0 Å². The zero-order valence-electron chi connectivity index (χ0n) is 19.6. The number of ether oxygens (including phenoxy) is 2. The molecule has 1 N–H and O–H groups in total. The molecule has 6 nitrogen and oxygen atoms in total. The van der Waals surface area contributed by atoms with Crippen LogP contribution in [0.2, 0.25) is 0 Å². The van der Waals surface area contributed by atoms with Gasteiger partial charge in [0, 0.05) is 19.0 Å². The van der Waals surface area contributed by atoms with Crippen molar-refractivity contribution in [3.63, 3.8) is 0 Å². The fraction of sp³-hybridized carbons (Fsp3) is 0.481. The van der Waals surface area contributed by atoms with Gasteiger partial charge in [0.15, 0.2) is 11.5 Å². The van der Waals surface area contributed by atoms with Crippen molar-refractivity contribution in [2.45, 2.75) is 77.4 Å². The Morgan fingerprint density at radius 2 is 1.82 bits per heavy atom. The summed E-state index contributed by atoms with van der Waals surface area (Å²) < 4.78 is 10.8. The van der Waals surface area contributed by atoms with Crippen molar-refractivity contribution in [2.75, 3.05) is 6.79 Å². The molecule has 1 saturated carbocycles. The van der Waals surface area contributed by atoms with Gasteiger partial charge in [-0.15, -0.1) is 0 Å². The molecular weight excluding hydrogens is 416 g/mol. The highest BCUT2D eigenvalue weighted by molar-refractivity contribution is 5.87. The Labute approximate surface area is 196 Å². The Morgan fingerprint density at radius 3 is 2.61 bits per heavy atom. The van der Waals surface area contributed by atoms with Gasteiger partial charge in [-0.2, -0.15) is 0 Å². The minimum absolute atomic E-state index is 0.0257. The van der Waals surface area contributed by atoms with Crippen LogP contribution in [0.4, 0.5) is 0 Å². The molecule has 1 unspecified atom stereocenters. The predicted molar refractivity (Wildman–Crippen MR) is 127 cm³/mol. The van der Waals surface area contributed by atoms with Crippen LogP contribution in [0.25, 0.3) is 0 Å². The average molecular weight is 451 g/mol. The van der Waals surface area contributed by atoms with Crippen LogP contribution in [0, 0.1) is 6.92 Å². The van der Waals surface area contributed by atoms with Gasteiger partial charge in [-0.25, -0.2) is 0 Å². The normalized spacial score (nSPS) is 16.3. The summed E-state index contributed by atoms with van der Waals surface area (Å²) in [5, 5.41) is 3.19. The van der Waals surface area contributed by atoms with Gasteiger partial charge in [0.05, 0.1) is 0 Å². The smallest absolute Gasteiger partial charge is 0.242 e. The van der Waals surface area contributed by atoms with Crippen molar-refractivity contribution < 1.29 is 19.1 Å².